The Hall–Kier alpha value is -2.32. The number of amides is 1. The Kier molecular flexibility index (Phi) is 4.21. The lowest BCUT2D eigenvalue weighted by atomic mass is 10.1. The number of H-pyrrole nitrogens is 1. The molecular formula is C11H11F3N2O4. The molecule has 1 atom stereocenters. The maximum atomic E-state index is 12.3. The Balaban J connectivity index is 2.91. The van der Waals surface area contributed by atoms with Crippen molar-refractivity contribution in [2.45, 2.75) is 26.1 Å². The second-order valence-electron chi connectivity index (χ2n) is 4.07. The molecule has 6 nitrogen and oxygen atoms in total. The second-order valence-corrected chi connectivity index (χ2v) is 4.07. The third-order valence-electron chi connectivity index (χ3n) is 2.64. The lowest BCUT2D eigenvalue weighted by Gasteiger charge is -2.16. The Bertz CT molecular complexity index is 563. The van der Waals surface area contributed by atoms with Gasteiger partial charge < -0.3 is 15.4 Å². The van der Waals surface area contributed by atoms with Crippen molar-refractivity contribution in [3.8, 4) is 0 Å². The molecule has 1 heterocycles. The first-order valence-electron chi connectivity index (χ1n) is 5.38. The molecule has 0 aliphatic carbocycles. The summed E-state index contributed by atoms with van der Waals surface area (Å²) in [6.45, 7) is 1.96. The zero-order valence-corrected chi connectivity index (χ0v) is 10.5. The lowest BCUT2D eigenvalue weighted by molar-refractivity contribution is -0.156. The molecule has 0 aliphatic heterocycles. The molecular weight excluding hydrogens is 281 g/mol. The van der Waals surface area contributed by atoms with E-state index in [2.05, 4.69) is 4.98 Å². The number of aromatic amines is 1. The Labute approximate surface area is 111 Å². The highest BCUT2D eigenvalue weighted by Crippen LogP contribution is 2.20. The highest BCUT2D eigenvalue weighted by molar-refractivity contribution is 6.43. The van der Waals surface area contributed by atoms with Crippen LogP contribution in [0, 0.1) is 6.92 Å². The van der Waals surface area contributed by atoms with Gasteiger partial charge in [-0.2, -0.15) is 13.2 Å². The Morgan fingerprint density at radius 1 is 1.35 bits per heavy atom. The molecule has 0 radical (unpaired) electrons. The van der Waals surface area contributed by atoms with Crippen LogP contribution in [0.1, 0.15) is 33.3 Å². The van der Waals surface area contributed by atoms with E-state index < -0.39 is 29.9 Å². The van der Waals surface area contributed by atoms with Crippen molar-refractivity contribution in [2.24, 2.45) is 0 Å². The van der Waals surface area contributed by atoms with Crippen LogP contribution in [0.5, 0.6) is 0 Å². The maximum Gasteiger partial charge on any atom is 0.408 e. The van der Waals surface area contributed by atoms with E-state index in [0.29, 0.717) is 6.92 Å². The van der Waals surface area contributed by atoms with Crippen LogP contribution in [-0.4, -0.2) is 40.0 Å². The number of alkyl halides is 3. The largest absolute Gasteiger partial charge is 0.477 e. The van der Waals surface area contributed by atoms with Crippen LogP contribution in [0.25, 0.3) is 0 Å². The monoisotopic (exact) mass is 292 g/mol. The molecule has 0 saturated carbocycles. The number of hydrogen-bond donors (Lipinski definition) is 3. The number of ketones is 1. The van der Waals surface area contributed by atoms with Crippen molar-refractivity contribution in [1.29, 1.82) is 0 Å². The number of halogens is 3. The lowest BCUT2D eigenvalue weighted by Crippen LogP contribution is -2.45. The van der Waals surface area contributed by atoms with Crippen LogP contribution < -0.4 is 5.32 Å². The van der Waals surface area contributed by atoms with Crippen LogP contribution in [0.3, 0.4) is 0 Å². The van der Waals surface area contributed by atoms with E-state index in [4.69, 9.17) is 5.11 Å². The number of carbonyl (C=O) groups excluding carboxylic acids is 2. The van der Waals surface area contributed by atoms with E-state index in [1.807, 2.05) is 0 Å². The Morgan fingerprint density at radius 3 is 2.30 bits per heavy atom. The SMILES string of the molecule is Cc1c(C(=O)C(=O)N[C@H](C)C(F)(F)F)c[nH]c1C(=O)O. The molecule has 110 valence electrons. The maximum absolute atomic E-state index is 12.3. The third kappa shape index (κ3) is 3.16. The first-order valence-corrected chi connectivity index (χ1v) is 5.38. The summed E-state index contributed by atoms with van der Waals surface area (Å²) in [5, 5.41) is 10.3. The minimum atomic E-state index is -4.67. The van der Waals surface area contributed by atoms with E-state index >= 15 is 0 Å². The average molecular weight is 292 g/mol. The van der Waals surface area contributed by atoms with Crippen LogP contribution in [0.15, 0.2) is 6.20 Å². The van der Waals surface area contributed by atoms with Crippen LogP contribution in [0.2, 0.25) is 0 Å². The highest BCUT2D eigenvalue weighted by atomic mass is 19.4. The van der Waals surface area contributed by atoms with Crippen molar-refractivity contribution in [3.63, 3.8) is 0 Å². The average Bonchev–Trinajstić information content (AvgIpc) is 2.68. The summed E-state index contributed by atoms with van der Waals surface area (Å²) in [6.07, 6.45) is -3.70. The highest BCUT2D eigenvalue weighted by Gasteiger charge is 2.38. The molecule has 1 aromatic heterocycles. The number of carboxylic acid groups (broad SMARTS) is 1. The van der Waals surface area contributed by atoms with Gasteiger partial charge in [-0.05, 0) is 19.4 Å². The van der Waals surface area contributed by atoms with Gasteiger partial charge in [-0.1, -0.05) is 0 Å². The first kappa shape index (κ1) is 15.7. The molecule has 1 rings (SSSR count). The number of aromatic nitrogens is 1. The van der Waals surface area contributed by atoms with Gasteiger partial charge >= 0.3 is 12.1 Å². The predicted molar refractivity (Wildman–Crippen MR) is 60.5 cm³/mol. The van der Waals surface area contributed by atoms with E-state index in [0.717, 1.165) is 6.20 Å². The zero-order valence-electron chi connectivity index (χ0n) is 10.5. The zero-order chi connectivity index (χ0) is 15.7. The van der Waals surface area contributed by atoms with Gasteiger partial charge in [0, 0.05) is 11.8 Å². The van der Waals surface area contributed by atoms with Crippen molar-refractivity contribution in [1.82, 2.24) is 10.3 Å². The fourth-order valence-electron chi connectivity index (χ4n) is 1.42. The first-order chi connectivity index (χ1) is 9.05. The molecule has 0 aliphatic rings. The summed E-state index contributed by atoms with van der Waals surface area (Å²) < 4.78 is 36.8. The fraction of sp³-hybridized carbons (Fsp3) is 0.364. The fourth-order valence-corrected chi connectivity index (χ4v) is 1.42. The van der Waals surface area contributed by atoms with E-state index in [9.17, 15) is 27.6 Å². The quantitative estimate of drug-likeness (QED) is 0.575. The van der Waals surface area contributed by atoms with Gasteiger partial charge in [0.2, 0.25) is 0 Å². The number of hydrogen-bond acceptors (Lipinski definition) is 3. The number of Topliss-reactive ketones (excluding diaryl/α,β-unsaturated/α-hetero) is 1. The molecule has 9 heteroatoms. The molecule has 0 unspecified atom stereocenters. The minimum Gasteiger partial charge on any atom is -0.477 e. The molecule has 0 spiro atoms. The van der Waals surface area contributed by atoms with Gasteiger partial charge in [-0.3, -0.25) is 9.59 Å². The smallest absolute Gasteiger partial charge is 0.408 e. The van der Waals surface area contributed by atoms with E-state index in [1.165, 1.54) is 12.2 Å². The van der Waals surface area contributed by atoms with Crippen LogP contribution in [0.4, 0.5) is 13.2 Å². The number of carboxylic acids is 1. The number of carbonyl (C=O) groups is 3. The van der Waals surface area contributed by atoms with Gasteiger partial charge in [0.05, 0.1) is 0 Å². The number of nitrogens with one attached hydrogen (secondary N) is 2. The topological polar surface area (TPSA) is 99.3 Å². The molecule has 3 N–H and O–H groups in total. The van der Waals surface area contributed by atoms with Gasteiger partial charge in [-0.25, -0.2) is 4.79 Å². The summed E-state index contributed by atoms with van der Waals surface area (Å²) in [5.74, 6) is -4.03. The molecule has 0 fully saturated rings. The molecule has 1 aromatic rings. The number of aromatic carboxylic acids is 1. The molecule has 20 heavy (non-hydrogen) atoms. The van der Waals surface area contributed by atoms with Gasteiger partial charge in [0.1, 0.15) is 11.7 Å². The molecule has 1 amide bonds. The summed E-state index contributed by atoms with van der Waals surface area (Å²) in [7, 11) is 0. The minimum absolute atomic E-state index is 0.0164. The van der Waals surface area contributed by atoms with Crippen LogP contribution in [-0.2, 0) is 4.79 Å². The van der Waals surface area contributed by atoms with Crippen LogP contribution >= 0.6 is 0 Å². The van der Waals surface area contributed by atoms with Gasteiger partial charge in [-0.15, -0.1) is 0 Å². The predicted octanol–water partition coefficient (Wildman–Crippen LogP) is 1.27. The van der Waals surface area contributed by atoms with Gasteiger partial charge in [0.25, 0.3) is 11.7 Å². The molecule has 0 saturated heterocycles. The summed E-state index contributed by atoms with van der Waals surface area (Å²) in [5.41, 5.74) is -0.600. The van der Waals surface area contributed by atoms with Crippen molar-refractivity contribution in [3.05, 3.63) is 23.0 Å². The summed E-state index contributed by atoms with van der Waals surface area (Å²) >= 11 is 0. The Morgan fingerprint density at radius 2 is 1.90 bits per heavy atom. The van der Waals surface area contributed by atoms with Crippen molar-refractivity contribution < 1.29 is 32.7 Å². The third-order valence-corrected chi connectivity index (χ3v) is 2.64. The van der Waals surface area contributed by atoms with E-state index in [-0.39, 0.29) is 16.8 Å². The van der Waals surface area contributed by atoms with Crippen molar-refractivity contribution in [2.75, 3.05) is 0 Å². The summed E-state index contributed by atoms with van der Waals surface area (Å²) in [4.78, 5) is 36.1. The van der Waals surface area contributed by atoms with E-state index in [1.54, 1.807) is 0 Å². The summed E-state index contributed by atoms with van der Waals surface area (Å²) in [6, 6.07) is -2.18. The number of rotatable bonds is 4. The standard InChI is InChI=1S/C11H11F3N2O4/c1-4-6(3-15-7(4)10(19)20)8(17)9(18)16-5(2)11(12,13)14/h3,5,15H,1-2H3,(H,16,18)(H,19,20)/t5-/m1/s1. The molecule has 0 aromatic carbocycles. The molecule has 0 bridgehead atoms. The van der Waals surface area contributed by atoms with Crippen molar-refractivity contribution >= 4 is 17.7 Å². The van der Waals surface area contributed by atoms with Gasteiger partial charge in [0.15, 0.2) is 0 Å². The normalized spacial score (nSPS) is 12.8. The second kappa shape index (κ2) is 5.35.